The molecule has 0 saturated heterocycles. The van der Waals surface area contributed by atoms with Crippen molar-refractivity contribution in [1.82, 2.24) is 0 Å². The maximum atomic E-state index is 13.3. The highest BCUT2D eigenvalue weighted by molar-refractivity contribution is 5.76. The minimum absolute atomic E-state index is 0.0974. The molecule has 0 rings (SSSR count). The van der Waals surface area contributed by atoms with E-state index in [0.29, 0.717) is 0 Å². The van der Waals surface area contributed by atoms with Gasteiger partial charge in [0.1, 0.15) is 12.7 Å². The van der Waals surface area contributed by atoms with E-state index in [-0.39, 0.29) is 19.2 Å². The first kappa shape index (κ1) is 31.4. The van der Waals surface area contributed by atoms with E-state index in [9.17, 15) is 9.90 Å². The maximum absolute atomic E-state index is 13.3. The molecule has 4 nitrogen and oxygen atoms in total. The number of carbonyl (C=O) groups excluding carboxylic acids is 1. The molecule has 0 aromatic rings. The quantitative estimate of drug-likeness (QED) is 0.115. The van der Waals surface area contributed by atoms with Gasteiger partial charge < -0.3 is 14.9 Å². The molecule has 0 bridgehead atoms. The van der Waals surface area contributed by atoms with E-state index in [1.165, 1.54) is 89.9 Å². The summed E-state index contributed by atoms with van der Waals surface area (Å²) in [5.74, 6) is -0.137. The lowest BCUT2D eigenvalue weighted by atomic mass is 9.74. The Morgan fingerprint density at radius 2 is 1.00 bits per heavy atom. The van der Waals surface area contributed by atoms with Crippen molar-refractivity contribution in [2.45, 2.75) is 155 Å². The number of rotatable bonds is 24. The Balaban J connectivity index is 5.02. The van der Waals surface area contributed by atoms with Crippen molar-refractivity contribution in [2.75, 3.05) is 13.2 Å². The third-order valence-electron chi connectivity index (χ3n) is 6.83. The Morgan fingerprint density at radius 1 is 0.656 bits per heavy atom. The molecule has 32 heavy (non-hydrogen) atoms. The average molecular weight is 457 g/mol. The molecular weight excluding hydrogens is 400 g/mol. The first-order valence-corrected chi connectivity index (χ1v) is 14.0. The fraction of sp³-hybridized carbons (Fsp3) is 0.964. The molecule has 0 heterocycles. The van der Waals surface area contributed by atoms with E-state index >= 15 is 0 Å². The molecule has 1 unspecified atom stereocenters. The van der Waals surface area contributed by atoms with Crippen molar-refractivity contribution in [1.29, 1.82) is 0 Å². The fourth-order valence-electron chi connectivity index (χ4n) is 4.61. The number of ether oxygens (including phenoxy) is 1. The Kier molecular flexibility index (Phi) is 21.8. The fourth-order valence-corrected chi connectivity index (χ4v) is 4.61. The maximum Gasteiger partial charge on any atom is 0.312 e. The molecule has 192 valence electrons. The smallest absolute Gasteiger partial charge is 0.312 e. The van der Waals surface area contributed by atoms with Crippen molar-refractivity contribution in [2.24, 2.45) is 5.41 Å². The highest BCUT2D eigenvalue weighted by Gasteiger charge is 2.38. The Hall–Kier alpha value is -0.610. The van der Waals surface area contributed by atoms with Gasteiger partial charge in [-0.25, -0.2) is 0 Å². The van der Waals surface area contributed by atoms with Crippen LogP contribution in [0.2, 0.25) is 0 Å². The van der Waals surface area contributed by atoms with Gasteiger partial charge in [0.15, 0.2) is 0 Å². The normalized spacial score (nSPS) is 12.8. The molecule has 0 aliphatic carbocycles. The van der Waals surface area contributed by atoms with Gasteiger partial charge in [0.05, 0.1) is 12.0 Å². The Bertz CT molecular complexity index is 396. The van der Waals surface area contributed by atoms with Crippen molar-refractivity contribution >= 4 is 5.97 Å². The monoisotopic (exact) mass is 456 g/mol. The predicted molar refractivity (Wildman–Crippen MR) is 136 cm³/mol. The lowest BCUT2D eigenvalue weighted by molar-refractivity contribution is -0.161. The van der Waals surface area contributed by atoms with Crippen molar-refractivity contribution < 1.29 is 19.7 Å². The van der Waals surface area contributed by atoms with Crippen LogP contribution in [0.4, 0.5) is 0 Å². The van der Waals surface area contributed by atoms with Gasteiger partial charge in [0, 0.05) is 0 Å². The molecule has 2 N–H and O–H groups in total. The average Bonchev–Trinajstić information content (AvgIpc) is 2.80. The van der Waals surface area contributed by atoms with E-state index in [0.717, 1.165) is 38.5 Å². The van der Waals surface area contributed by atoms with Crippen LogP contribution in [0.25, 0.3) is 0 Å². The SMILES string of the molecule is CCCCCCCCCC(CCCCCCC)(CCCCCCC)C(=O)OCC(O)CO. The molecule has 0 aliphatic rings. The number of carbonyl (C=O) groups is 1. The topological polar surface area (TPSA) is 66.8 Å². The van der Waals surface area contributed by atoms with Crippen LogP contribution in [0.3, 0.4) is 0 Å². The number of unbranched alkanes of at least 4 members (excludes halogenated alkanes) is 14. The molecule has 0 aromatic heterocycles. The largest absolute Gasteiger partial charge is 0.462 e. The summed E-state index contributed by atoms with van der Waals surface area (Å²) in [5, 5.41) is 18.8. The van der Waals surface area contributed by atoms with Crippen LogP contribution >= 0.6 is 0 Å². The number of hydrogen-bond donors (Lipinski definition) is 2. The highest BCUT2D eigenvalue weighted by Crippen LogP contribution is 2.39. The summed E-state index contributed by atoms with van der Waals surface area (Å²) in [6.07, 6.45) is 22.4. The van der Waals surface area contributed by atoms with Gasteiger partial charge in [-0.05, 0) is 19.3 Å². The molecule has 4 heteroatoms. The first-order chi connectivity index (χ1) is 15.6. The highest BCUT2D eigenvalue weighted by atomic mass is 16.5. The third kappa shape index (κ3) is 16.1. The summed E-state index contributed by atoms with van der Waals surface area (Å²) < 4.78 is 5.58. The van der Waals surface area contributed by atoms with Crippen LogP contribution < -0.4 is 0 Å². The third-order valence-corrected chi connectivity index (χ3v) is 6.83. The zero-order chi connectivity index (χ0) is 23.9. The van der Waals surface area contributed by atoms with Crippen LogP contribution in [0, 0.1) is 5.41 Å². The number of aliphatic hydroxyl groups is 2. The van der Waals surface area contributed by atoms with Crippen LogP contribution in [-0.4, -0.2) is 35.5 Å². The summed E-state index contributed by atoms with van der Waals surface area (Å²) in [7, 11) is 0. The van der Waals surface area contributed by atoms with Gasteiger partial charge in [-0.15, -0.1) is 0 Å². The molecular formula is C28H56O4. The van der Waals surface area contributed by atoms with Crippen LogP contribution in [-0.2, 0) is 9.53 Å². The zero-order valence-corrected chi connectivity index (χ0v) is 21.8. The first-order valence-electron chi connectivity index (χ1n) is 14.0. The van der Waals surface area contributed by atoms with Crippen LogP contribution in [0.5, 0.6) is 0 Å². The van der Waals surface area contributed by atoms with E-state index in [1.54, 1.807) is 0 Å². The second-order valence-corrected chi connectivity index (χ2v) is 9.91. The van der Waals surface area contributed by atoms with E-state index in [4.69, 9.17) is 9.84 Å². The van der Waals surface area contributed by atoms with Crippen molar-refractivity contribution in [3.63, 3.8) is 0 Å². The van der Waals surface area contributed by atoms with Crippen molar-refractivity contribution in [3.05, 3.63) is 0 Å². The second kappa shape index (κ2) is 22.2. The van der Waals surface area contributed by atoms with Gasteiger partial charge in [0.2, 0.25) is 0 Å². The molecule has 1 atom stereocenters. The summed E-state index contributed by atoms with van der Waals surface area (Å²) >= 11 is 0. The summed E-state index contributed by atoms with van der Waals surface area (Å²) in [5.41, 5.74) is -0.420. The number of esters is 1. The summed E-state index contributed by atoms with van der Waals surface area (Å²) in [4.78, 5) is 13.3. The van der Waals surface area contributed by atoms with Crippen molar-refractivity contribution in [3.8, 4) is 0 Å². The van der Waals surface area contributed by atoms with E-state index in [1.807, 2.05) is 0 Å². The molecule has 0 aromatic carbocycles. The predicted octanol–water partition coefficient (Wildman–Crippen LogP) is 7.73. The summed E-state index contributed by atoms with van der Waals surface area (Å²) in [6.45, 7) is 6.23. The van der Waals surface area contributed by atoms with E-state index < -0.39 is 11.5 Å². The van der Waals surface area contributed by atoms with Gasteiger partial charge in [0.25, 0.3) is 0 Å². The molecule has 0 amide bonds. The van der Waals surface area contributed by atoms with Crippen LogP contribution in [0.1, 0.15) is 149 Å². The molecule has 0 spiro atoms. The molecule has 0 fully saturated rings. The lowest BCUT2D eigenvalue weighted by Gasteiger charge is -2.32. The molecule has 0 saturated carbocycles. The molecule has 0 radical (unpaired) electrons. The second-order valence-electron chi connectivity index (χ2n) is 9.91. The summed E-state index contributed by atoms with van der Waals surface area (Å²) in [6, 6.07) is 0. The minimum Gasteiger partial charge on any atom is -0.462 e. The van der Waals surface area contributed by atoms with Gasteiger partial charge in [-0.3, -0.25) is 4.79 Å². The van der Waals surface area contributed by atoms with E-state index in [2.05, 4.69) is 20.8 Å². The molecule has 0 aliphatic heterocycles. The number of aliphatic hydroxyl groups excluding tert-OH is 2. The van der Waals surface area contributed by atoms with Gasteiger partial charge >= 0.3 is 5.97 Å². The van der Waals surface area contributed by atoms with Gasteiger partial charge in [-0.1, -0.05) is 130 Å². The number of hydrogen-bond acceptors (Lipinski definition) is 4. The van der Waals surface area contributed by atoms with Gasteiger partial charge in [-0.2, -0.15) is 0 Å². The Morgan fingerprint density at radius 3 is 1.34 bits per heavy atom. The minimum atomic E-state index is -0.982. The Labute approximate surface area is 199 Å². The van der Waals surface area contributed by atoms with Crippen LogP contribution in [0.15, 0.2) is 0 Å². The zero-order valence-electron chi connectivity index (χ0n) is 21.8. The lowest BCUT2D eigenvalue weighted by Crippen LogP contribution is -2.35. The standard InChI is InChI=1S/C28H56O4/c1-4-7-10-13-14-17-20-23-28(21-18-15-11-8-5-2,22-19-16-12-9-6-3)27(31)32-25-26(30)24-29/h26,29-30H,4-25H2,1-3H3.